The molecule has 1 fully saturated rings. The van der Waals surface area contributed by atoms with Crippen molar-refractivity contribution < 1.29 is 9.18 Å². The normalized spacial score (nSPS) is 17.2. The number of carbonyl (C=O) groups is 1. The maximum atomic E-state index is 13.1. The van der Waals surface area contributed by atoms with Gasteiger partial charge in [-0.3, -0.25) is 14.6 Å². The second-order valence-corrected chi connectivity index (χ2v) is 11.4. The van der Waals surface area contributed by atoms with Crippen molar-refractivity contribution in [2.24, 2.45) is 5.92 Å². The van der Waals surface area contributed by atoms with E-state index in [2.05, 4.69) is 59.2 Å². The van der Waals surface area contributed by atoms with Crippen LogP contribution >= 0.6 is 0 Å². The summed E-state index contributed by atoms with van der Waals surface area (Å²) in [5.41, 5.74) is 7.50. The molecule has 4 heteroatoms. The van der Waals surface area contributed by atoms with Gasteiger partial charge in [0.2, 0.25) is 0 Å². The van der Waals surface area contributed by atoms with Crippen LogP contribution in [0.1, 0.15) is 70.3 Å². The van der Waals surface area contributed by atoms with E-state index in [4.69, 9.17) is 0 Å². The predicted octanol–water partition coefficient (Wildman–Crippen LogP) is 7.00. The zero-order valence-electron chi connectivity index (χ0n) is 22.8. The van der Waals surface area contributed by atoms with E-state index in [0.717, 1.165) is 70.5 Å². The first-order chi connectivity index (χ1) is 18.5. The number of halogens is 1. The number of piperidine rings is 1. The van der Waals surface area contributed by atoms with Crippen molar-refractivity contribution in [3.63, 3.8) is 0 Å². The molecule has 0 unspecified atom stereocenters. The molecule has 2 heterocycles. The lowest BCUT2D eigenvalue weighted by Gasteiger charge is -2.32. The van der Waals surface area contributed by atoms with E-state index < -0.39 is 0 Å². The molecule has 2 aliphatic heterocycles. The molecule has 0 radical (unpaired) electrons. The van der Waals surface area contributed by atoms with Gasteiger partial charge in [-0.25, -0.2) is 4.39 Å². The van der Waals surface area contributed by atoms with Gasteiger partial charge in [0.1, 0.15) is 5.82 Å². The van der Waals surface area contributed by atoms with Crippen LogP contribution < -0.4 is 0 Å². The number of likely N-dealkylation sites (tertiary alicyclic amines) is 1. The molecule has 5 rings (SSSR count). The van der Waals surface area contributed by atoms with E-state index in [-0.39, 0.29) is 5.82 Å². The summed E-state index contributed by atoms with van der Waals surface area (Å²) in [5, 5.41) is 0. The highest BCUT2D eigenvalue weighted by molar-refractivity contribution is 5.96. The molecule has 0 atom stereocenters. The number of nitrogens with zero attached hydrogens (tertiary/aromatic N) is 2. The summed E-state index contributed by atoms with van der Waals surface area (Å²) in [6.07, 6.45) is 7.20. The number of aryl methyl sites for hydroxylation is 1. The first-order valence-corrected chi connectivity index (χ1v) is 14.4. The van der Waals surface area contributed by atoms with Crippen LogP contribution in [-0.2, 0) is 25.9 Å². The molecule has 0 aromatic heterocycles. The number of rotatable bonds is 9. The third kappa shape index (κ3) is 7.39. The van der Waals surface area contributed by atoms with Crippen molar-refractivity contribution in [3.05, 3.63) is 106 Å². The van der Waals surface area contributed by atoms with Gasteiger partial charge in [0.25, 0.3) is 0 Å². The summed E-state index contributed by atoms with van der Waals surface area (Å²) in [6.45, 7) is 8.30. The van der Waals surface area contributed by atoms with Gasteiger partial charge < -0.3 is 0 Å². The topological polar surface area (TPSA) is 23.6 Å². The number of Topliss-reactive ketones (excluding diaryl/α,β-unsaturated/α-hetero) is 1. The molecule has 0 spiro atoms. The van der Waals surface area contributed by atoms with E-state index in [9.17, 15) is 9.18 Å². The van der Waals surface area contributed by atoms with Gasteiger partial charge in [0, 0.05) is 38.2 Å². The Bertz CT molecular complexity index is 1200. The van der Waals surface area contributed by atoms with Gasteiger partial charge in [0.15, 0.2) is 5.78 Å². The van der Waals surface area contributed by atoms with E-state index in [0.29, 0.717) is 18.1 Å². The molecule has 0 bridgehead atoms. The van der Waals surface area contributed by atoms with Gasteiger partial charge in [-0.05, 0) is 105 Å². The summed E-state index contributed by atoms with van der Waals surface area (Å²) in [6, 6.07) is 22.2. The summed E-state index contributed by atoms with van der Waals surface area (Å²) >= 11 is 0. The average Bonchev–Trinajstić information content (AvgIpc) is 3.14. The lowest BCUT2D eigenvalue weighted by molar-refractivity contribution is 0.0974. The highest BCUT2D eigenvalue weighted by Crippen LogP contribution is 2.25. The number of fused-ring (bicyclic) bond motifs is 1. The molecule has 200 valence electrons. The van der Waals surface area contributed by atoms with E-state index >= 15 is 0 Å². The number of benzene rings is 3. The van der Waals surface area contributed by atoms with Crippen molar-refractivity contribution >= 4 is 5.78 Å². The molecule has 3 aromatic rings. The Morgan fingerprint density at radius 2 is 1.39 bits per heavy atom. The summed E-state index contributed by atoms with van der Waals surface area (Å²) in [4.78, 5) is 18.0. The molecule has 3 aromatic carbocycles. The average molecular weight is 513 g/mol. The van der Waals surface area contributed by atoms with Crippen LogP contribution in [0.4, 0.5) is 4.39 Å². The monoisotopic (exact) mass is 512 g/mol. The molecule has 0 N–H and O–H groups in total. The summed E-state index contributed by atoms with van der Waals surface area (Å²) < 4.78 is 13.1. The molecule has 1 saturated heterocycles. The highest BCUT2D eigenvalue weighted by atomic mass is 19.1. The Labute approximate surface area is 227 Å². The van der Waals surface area contributed by atoms with Gasteiger partial charge >= 0.3 is 0 Å². The predicted molar refractivity (Wildman–Crippen MR) is 153 cm³/mol. The van der Waals surface area contributed by atoms with Gasteiger partial charge in [-0.2, -0.15) is 0 Å². The van der Waals surface area contributed by atoms with Crippen molar-refractivity contribution in [2.45, 2.75) is 65.0 Å². The number of hydrogen-bond acceptors (Lipinski definition) is 3. The fourth-order valence-electron chi connectivity index (χ4n) is 6.03. The van der Waals surface area contributed by atoms with Crippen LogP contribution in [0.2, 0.25) is 0 Å². The Hall–Kier alpha value is -2.82. The van der Waals surface area contributed by atoms with Crippen molar-refractivity contribution in [3.8, 4) is 0 Å². The molecule has 0 amide bonds. The third-order valence-corrected chi connectivity index (χ3v) is 8.49. The van der Waals surface area contributed by atoms with Crippen molar-refractivity contribution in [1.29, 1.82) is 0 Å². The Morgan fingerprint density at radius 1 is 0.789 bits per heavy atom. The second-order valence-electron chi connectivity index (χ2n) is 11.4. The van der Waals surface area contributed by atoms with E-state index in [1.807, 2.05) is 12.1 Å². The lowest BCUT2D eigenvalue weighted by atomic mass is 9.90. The molecule has 2 aliphatic rings. The smallest absolute Gasteiger partial charge is 0.162 e. The quantitative estimate of drug-likeness (QED) is 0.288. The maximum absolute atomic E-state index is 13.1. The minimum atomic E-state index is -0.173. The van der Waals surface area contributed by atoms with Crippen LogP contribution in [0.25, 0.3) is 0 Å². The molecule has 0 aliphatic carbocycles. The third-order valence-electron chi connectivity index (χ3n) is 8.49. The zero-order chi connectivity index (χ0) is 26.3. The molecule has 3 nitrogen and oxygen atoms in total. The second kappa shape index (κ2) is 12.8. The summed E-state index contributed by atoms with van der Waals surface area (Å²) in [5.74, 6) is 0.828. The standard InChI is InChI=1S/C34H41FN2O/c1-26-5-7-28(8-6-26)24-37-21-17-30-11-12-32(23-31(30)18-22-37)34(38)4-2-3-27-15-19-36(20-16-27)25-29-9-13-33(35)14-10-29/h5-14,23,27H,2-4,15-22,24-25H2,1H3. The lowest BCUT2D eigenvalue weighted by Crippen LogP contribution is -2.33. The SMILES string of the molecule is Cc1ccc(CN2CCc3ccc(C(=O)CCCC4CCN(Cc5ccc(F)cc5)CC4)cc3CC2)cc1. The van der Waals surface area contributed by atoms with Crippen LogP contribution in [-0.4, -0.2) is 41.8 Å². The van der Waals surface area contributed by atoms with Crippen LogP contribution in [0.5, 0.6) is 0 Å². The van der Waals surface area contributed by atoms with Crippen LogP contribution in [0, 0.1) is 18.7 Å². The highest BCUT2D eigenvalue weighted by Gasteiger charge is 2.20. The molecule has 38 heavy (non-hydrogen) atoms. The number of hydrogen-bond donors (Lipinski definition) is 0. The Balaban J connectivity index is 1.04. The molecular formula is C34H41FN2O. The van der Waals surface area contributed by atoms with Gasteiger partial charge in [-0.1, -0.05) is 54.1 Å². The van der Waals surface area contributed by atoms with E-state index in [1.54, 1.807) is 12.1 Å². The van der Waals surface area contributed by atoms with Gasteiger partial charge in [-0.15, -0.1) is 0 Å². The minimum absolute atomic E-state index is 0.173. The molecule has 0 saturated carbocycles. The zero-order valence-corrected chi connectivity index (χ0v) is 22.8. The van der Waals surface area contributed by atoms with Crippen molar-refractivity contribution in [1.82, 2.24) is 9.80 Å². The first-order valence-electron chi connectivity index (χ1n) is 14.4. The first kappa shape index (κ1) is 26.8. The largest absolute Gasteiger partial charge is 0.299 e. The van der Waals surface area contributed by atoms with Crippen LogP contribution in [0.3, 0.4) is 0 Å². The maximum Gasteiger partial charge on any atom is 0.162 e. The number of ketones is 1. The Kier molecular flexibility index (Phi) is 9.03. The fraction of sp³-hybridized carbons (Fsp3) is 0.441. The Morgan fingerprint density at radius 3 is 2.08 bits per heavy atom. The summed E-state index contributed by atoms with van der Waals surface area (Å²) in [7, 11) is 0. The van der Waals surface area contributed by atoms with E-state index in [1.165, 1.54) is 40.7 Å². The minimum Gasteiger partial charge on any atom is -0.299 e. The van der Waals surface area contributed by atoms with Gasteiger partial charge in [0.05, 0.1) is 0 Å². The molecular weight excluding hydrogens is 471 g/mol. The fourth-order valence-corrected chi connectivity index (χ4v) is 6.03. The van der Waals surface area contributed by atoms with Crippen LogP contribution in [0.15, 0.2) is 66.7 Å². The number of carbonyl (C=O) groups excluding carboxylic acids is 1. The van der Waals surface area contributed by atoms with Crippen molar-refractivity contribution in [2.75, 3.05) is 26.2 Å².